The van der Waals surface area contributed by atoms with E-state index in [2.05, 4.69) is 9.97 Å². The summed E-state index contributed by atoms with van der Waals surface area (Å²) in [6.45, 7) is 1.72. The number of H-pyrrole nitrogens is 1. The summed E-state index contributed by atoms with van der Waals surface area (Å²) in [5.74, 6) is 0. The maximum atomic E-state index is 11.5. The lowest BCUT2D eigenvalue weighted by atomic mass is 10.00. The molecule has 0 fully saturated rings. The van der Waals surface area contributed by atoms with Gasteiger partial charge in [-0.15, -0.1) is 0 Å². The Labute approximate surface area is 103 Å². The lowest BCUT2D eigenvalue weighted by Crippen LogP contribution is -2.12. The highest BCUT2D eigenvalue weighted by Crippen LogP contribution is 2.24. The van der Waals surface area contributed by atoms with Gasteiger partial charge >= 0.3 is 0 Å². The van der Waals surface area contributed by atoms with Gasteiger partial charge in [0, 0.05) is 29.2 Å². The first kappa shape index (κ1) is 11.6. The zero-order chi connectivity index (χ0) is 13.1. The predicted molar refractivity (Wildman–Crippen MR) is 64.5 cm³/mol. The van der Waals surface area contributed by atoms with Gasteiger partial charge in [-0.2, -0.15) is 10.5 Å². The second-order valence-corrected chi connectivity index (χ2v) is 3.70. The minimum atomic E-state index is -0.425. The minimum absolute atomic E-state index is 0.0244. The third-order valence-electron chi connectivity index (χ3n) is 2.59. The Morgan fingerprint density at radius 2 is 1.94 bits per heavy atom. The van der Waals surface area contributed by atoms with E-state index in [1.54, 1.807) is 19.2 Å². The third-order valence-corrected chi connectivity index (χ3v) is 2.59. The number of aromatic nitrogens is 2. The fourth-order valence-corrected chi connectivity index (χ4v) is 1.70. The van der Waals surface area contributed by atoms with Crippen LogP contribution < -0.4 is 5.56 Å². The van der Waals surface area contributed by atoms with Crippen molar-refractivity contribution in [2.75, 3.05) is 0 Å². The largest absolute Gasteiger partial charge is 0.325 e. The maximum absolute atomic E-state index is 11.5. The molecule has 0 bridgehead atoms. The molecule has 0 saturated heterocycles. The maximum Gasteiger partial charge on any atom is 0.266 e. The molecule has 1 N–H and O–H groups in total. The van der Waals surface area contributed by atoms with Crippen LogP contribution in [-0.2, 0) is 0 Å². The van der Waals surface area contributed by atoms with Crippen LogP contribution in [0.25, 0.3) is 11.1 Å². The van der Waals surface area contributed by atoms with Gasteiger partial charge in [-0.1, -0.05) is 0 Å². The molecule has 0 saturated carbocycles. The van der Waals surface area contributed by atoms with Crippen molar-refractivity contribution in [1.82, 2.24) is 9.97 Å². The number of nitriles is 2. The van der Waals surface area contributed by atoms with E-state index in [-0.39, 0.29) is 5.56 Å². The molecule has 2 aromatic heterocycles. The molecular formula is C13H8N4O. The molecule has 86 valence electrons. The average Bonchev–Trinajstić information content (AvgIpc) is 2.39. The fraction of sp³-hybridized carbons (Fsp3) is 0.0769. The van der Waals surface area contributed by atoms with Gasteiger partial charge in [-0.05, 0) is 19.1 Å². The molecule has 0 aromatic carbocycles. The van der Waals surface area contributed by atoms with Crippen molar-refractivity contribution in [3.8, 4) is 23.3 Å². The molecular weight excluding hydrogens is 228 g/mol. The van der Waals surface area contributed by atoms with Crippen LogP contribution in [0.1, 0.15) is 16.8 Å². The van der Waals surface area contributed by atoms with Gasteiger partial charge < -0.3 is 4.98 Å². The number of hydrogen-bond donors (Lipinski definition) is 1. The number of aryl methyl sites for hydroxylation is 1. The van der Waals surface area contributed by atoms with E-state index >= 15 is 0 Å². The monoisotopic (exact) mass is 236 g/mol. The summed E-state index contributed by atoms with van der Waals surface area (Å²) in [6.07, 6.45) is 3.01. The first-order valence-electron chi connectivity index (χ1n) is 5.16. The summed E-state index contributed by atoms with van der Waals surface area (Å²) in [5, 5.41) is 17.9. The average molecular weight is 236 g/mol. The Bertz CT molecular complexity index is 747. The van der Waals surface area contributed by atoms with Crippen molar-refractivity contribution in [3.05, 3.63) is 51.7 Å². The quantitative estimate of drug-likeness (QED) is 0.811. The second-order valence-electron chi connectivity index (χ2n) is 3.70. The molecule has 0 amide bonds. The molecule has 18 heavy (non-hydrogen) atoms. The van der Waals surface area contributed by atoms with Gasteiger partial charge in [0.15, 0.2) is 0 Å². The number of aromatic amines is 1. The van der Waals surface area contributed by atoms with Gasteiger partial charge in [0.2, 0.25) is 0 Å². The smallest absolute Gasteiger partial charge is 0.266 e. The Balaban J connectivity index is 2.77. The molecule has 5 nitrogen and oxygen atoms in total. The summed E-state index contributed by atoms with van der Waals surface area (Å²) in [7, 11) is 0. The Hall–Kier alpha value is -2.92. The Kier molecular flexibility index (Phi) is 2.90. The zero-order valence-electron chi connectivity index (χ0n) is 9.56. The fourth-order valence-electron chi connectivity index (χ4n) is 1.70. The van der Waals surface area contributed by atoms with E-state index in [4.69, 9.17) is 10.5 Å². The predicted octanol–water partition coefficient (Wildman–Crippen LogP) is 1.49. The Morgan fingerprint density at radius 3 is 2.61 bits per heavy atom. The van der Waals surface area contributed by atoms with Crippen LogP contribution >= 0.6 is 0 Å². The van der Waals surface area contributed by atoms with Crippen LogP contribution in [-0.4, -0.2) is 9.97 Å². The Morgan fingerprint density at radius 1 is 1.22 bits per heavy atom. The lowest BCUT2D eigenvalue weighted by Gasteiger charge is -2.07. The second kappa shape index (κ2) is 4.52. The van der Waals surface area contributed by atoms with E-state index in [1.165, 1.54) is 12.3 Å². The zero-order valence-corrected chi connectivity index (χ0v) is 9.56. The molecule has 0 radical (unpaired) electrons. The molecule has 5 heteroatoms. The standard InChI is InChI=1S/C13H8N4O/c1-8-12(4-9(5-14)13(18)17-8)11-2-3-16-7-10(11)6-15/h2-4,7H,1H3,(H,17,18). The van der Waals surface area contributed by atoms with Crippen molar-refractivity contribution in [2.45, 2.75) is 6.92 Å². The molecule has 0 spiro atoms. The first-order valence-corrected chi connectivity index (χ1v) is 5.16. The van der Waals surface area contributed by atoms with Crippen LogP contribution in [0.15, 0.2) is 29.3 Å². The topological polar surface area (TPSA) is 93.3 Å². The van der Waals surface area contributed by atoms with Crippen LogP contribution in [0.5, 0.6) is 0 Å². The van der Waals surface area contributed by atoms with Gasteiger partial charge in [-0.25, -0.2) is 0 Å². The summed E-state index contributed by atoms with van der Waals surface area (Å²) >= 11 is 0. The van der Waals surface area contributed by atoms with Crippen molar-refractivity contribution in [2.24, 2.45) is 0 Å². The summed E-state index contributed by atoms with van der Waals surface area (Å²) in [6, 6.07) is 7.04. The molecule has 0 aliphatic carbocycles. The lowest BCUT2D eigenvalue weighted by molar-refractivity contribution is 1.13. The van der Waals surface area contributed by atoms with Crippen LogP contribution in [0.3, 0.4) is 0 Å². The van der Waals surface area contributed by atoms with Crippen molar-refractivity contribution < 1.29 is 0 Å². The third kappa shape index (κ3) is 1.85. The molecule has 0 aliphatic heterocycles. The molecule has 0 atom stereocenters. The summed E-state index contributed by atoms with van der Waals surface area (Å²) < 4.78 is 0. The number of nitrogens with one attached hydrogen (secondary N) is 1. The SMILES string of the molecule is Cc1[nH]c(=O)c(C#N)cc1-c1ccncc1C#N. The van der Waals surface area contributed by atoms with Crippen LogP contribution in [0.2, 0.25) is 0 Å². The van der Waals surface area contributed by atoms with Crippen LogP contribution in [0.4, 0.5) is 0 Å². The van der Waals surface area contributed by atoms with Crippen molar-refractivity contribution in [3.63, 3.8) is 0 Å². The van der Waals surface area contributed by atoms with E-state index in [0.717, 1.165) is 0 Å². The van der Waals surface area contributed by atoms with E-state index in [9.17, 15) is 4.79 Å². The highest BCUT2D eigenvalue weighted by Gasteiger charge is 2.10. The molecule has 0 aliphatic rings. The minimum Gasteiger partial charge on any atom is -0.325 e. The molecule has 2 aromatic rings. The number of pyridine rings is 2. The summed E-state index contributed by atoms with van der Waals surface area (Å²) in [5.41, 5.74) is 1.92. The highest BCUT2D eigenvalue weighted by molar-refractivity contribution is 5.72. The van der Waals surface area contributed by atoms with Crippen molar-refractivity contribution in [1.29, 1.82) is 10.5 Å². The van der Waals surface area contributed by atoms with Gasteiger partial charge in [0.1, 0.15) is 17.7 Å². The number of hydrogen-bond acceptors (Lipinski definition) is 4. The normalized spacial score (nSPS) is 9.50. The highest BCUT2D eigenvalue weighted by atomic mass is 16.1. The van der Waals surface area contributed by atoms with Gasteiger partial charge in [-0.3, -0.25) is 9.78 Å². The molecule has 2 rings (SSSR count). The van der Waals surface area contributed by atoms with E-state index in [0.29, 0.717) is 22.4 Å². The number of nitrogens with zero attached hydrogens (tertiary/aromatic N) is 3. The first-order chi connectivity index (χ1) is 8.67. The van der Waals surface area contributed by atoms with E-state index < -0.39 is 5.56 Å². The number of rotatable bonds is 1. The van der Waals surface area contributed by atoms with Crippen LogP contribution in [0, 0.1) is 29.6 Å². The molecule has 2 heterocycles. The van der Waals surface area contributed by atoms with Crippen molar-refractivity contribution >= 4 is 0 Å². The summed E-state index contributed by atoms with van der Waals surface area (Å²) in [4.78, 5) is 17.9. The van der Waals surface area contributed by atoms with E-state index in [1.807, 2.05) is 12.1 Å². The van der Waals surface area contributed by atoms with Gasteiger partial charge in [0.05, 0.1) is 5.56 Å². The van der Waals surface area contributed by atoms with Gasteiger partial charge in [0.25, 0.3) is 5.56 Å². The molecule has 0 unspecified atom stereocenters.